The first-order valence-corrected chi connectivity index (χ1v) is 12.7. The largest absolute Gasteiger partial charge is 0.437 e. The molecule has 1 saturated heterocycles. The number of aryl methyl sites for hydroxylation is 1. The van der Waals surface area contributed by atoms with Crippen molar-refractivity contribution < 1.29 is 22.8 Å². The van der Waals surface area contributed by atoms with Crippen LogP contribution >= 0.6 is 0 Å². The minimum Gasteiger partial charge on any atom is -0.364 e. The van der Waals surface area contributed by atoms with E-state index in [1.54, 1.807) is 0 Å². The predicted octanol–water partition coefficient (Wildman–Crippen LogP) is 3.74. The third-order valence-corrected chi connectivity index (χ3v) is 7.16. The van der Waals surface area contributed by atoms with Gasteiger partial charge in [0, 0.05) is 37.4 Å². The van der Waals surface area contributed by atoms with Crippen LogP contribution in [0.15, 0.2) is 36.7 Å². The second kappa shape index (κ2) is 10.2. The molecule has 1 aromatic carbocycles. The standard InChI is InChI=1S/C26H29F3N8O2/c1-14-18(33-25(39)17-9-7-16(8-10-17)15-5-6-15)4-3-11-37(14)20-12-31-21(23(30)38)24(34-20)32-19-13-36(2)35-22(19)26(27,28)29/h7-10,12-15,18H,3-6,11H2,1-2H3,(H2,30,38)(H,32,34)(H,33,39)/t14-,18-/m1/s1. The Morgan fingerprint density at radius 1 is 1.13 bits per heavy atom. The first kappa shape index (κ1) is 26.4. The summed E-state index contributed by atoms with van der Waals surface area (Å²) in [6, 6.07) is 7.26. The molecule has 13 heteroatoms. The molecule has 3 heterocycles. The van der Waals surface area contributed by atoms with Crippen molar-refractivity contribution in [3.63, 3.8) is 0 Å². The van der Waals surface area contributed by atoms with Gasteiger partial charge >= 0.3 is 6.18 Å². The summed E-state index contributed by atoms with van der Waals surface area (Å²) in [7, 11) is 1.35. The number of primary amides is 1. The first-order valence-electron chi connectivity index (χ1n) is 12.7. The lowest BCUT2D eigenvalue weighted by Crippen LogP contribution is -2.54. The molecule has 2 atom stereocenters. The zero-order chi connectivity index (χ0) is 27.9. The summed E-state index contributed by atoms with van der Waals surface area (Å²) >= 11 is 0. The van der Waals surface area contributed by atoms with Crippen LogP contribution in [0.4, 0.5) is 30.5 Å². The lowest BCUT2D eigenvalue weighted by Gasteiger charge is -2.40. The van der Waals surface area contributed by atoms with E-state index in [2.05, 4.69) is 25.7 Å². The molecule has 206 valence electrons. The second-order valence-electron chi connectivity index (χ2n) is 10.0. The highest BCUT2D eigenvalue weighted by molar-refractivity contribution is 5.96. The van der Waals surface area contributed by atoms with Gasteiger partial charge in [0.25, 0.3) is 11.8 Å². The maximum atomic E-state index is 13.5. The molecule has 0 spiro atoms. The maximum Gasteiger partial charge on any atom is 0.437 e. The van der Waals surface area contributed by atoms with Gasteiger partial charge in [-0.2, -0.15) is 18.3 Å². The molecule has 0 radical (unpaired) electrons. The van der Waals surface area contributed by atoms with E-state index < -0.39 is 17.8 Å². The van der Waals surface area contributed by atoms with Crippen LogP contribution in [0.2, 0.25) is 0 Å². The average Bonchev–Trinajstić information content (AvgIpc) is 3.67. The molecule has 2 aliphatic rings. The van der Waals surface area contributed by atoms with Crippen molar-refractivity contribution in [3.8, 4) is 0 Å². The van der Waals surface area contributed by atoms with E-state index in [4.69, 9.17) is 5.73 Å². The number of amides is 2. The van der Waals surface area contributed by atoms with E-state index >= 15 is 0 Å². The van der Waals surface area contributed by atoms with Gasteiger partial charge < -0.3 is 21.3 Å². The molecule has 2 fully saturated rings. The Bertz CT molecular complexity index is 1380. The SMILES string of the molecule is C[C@@H]1[C@H](NC(=O)c2ccc(C3CC3)cc2)CCCN1c1cnc(C(N)=O)c(Nc2cn(C)nc2C(F)(F)F)n1. The number of hydrogen-bond donors (Lipinski definition) is 3. The molecule has 2 aromatic heterocycles. The molecule has 10 nitrogen and oxygen atoms in total. The van der Waals surface area contributed by atoms with Crippen molar-refractivity contribution in [2.75, 3.05) is 16.8 Å². The Hall–Kier alpha value is -4.16. The van der Waals surface area contributed by atoms with Crippen LogP contribution < -0.4 is 21.3 Å². The molecule has 1 saturated carbocycles. The van der Waals surface area contributed by atoms with Crippen LogP contribution in [0.5, 0.6) is 0 Å². The number of carbonyl (C=O) groups excluding carboxylic acids is 2. The van der Waals surface area contributed by atoms with E-state index in [9.17, 15) is 22.8 Å². The highest BCUT2D eigenvalue weighted by Gasteiger charge is 2.38. The number of aromatic nitrogens is 4. The fraction of sp³-hybridized carbons (Fsp3) is 0.423. The summed E-state index contributed by atoms with van der Waals surface area (Å²) in [4.78, 5) is 35.4. The Kier molecular flexibility index (Phi) is 6.91. The van der Waals surface area contributed by atoms with Crippen molar-refractivity contribution >= 4 is 29.1 Å². The van der Waals surface area contributed by atoms with E-state index in [0.29, 0.717) is 23.8 Å². The first-order chi connectivity index (χ1) is 18.5. The smallest absolute Gasteiger partial charge is 0.364 e. The molecule has 39 heavy (non-hydrogen) atoms. The zero-order valence-corrected chi connectivity index (χ0v) is 21.5. The van der Waals surface area contributed by atoms with Crippen molar-refractivity contribution in [1.29, 1.82) is 0 Å². The molecule has 3 aromatic rings. The highest BCUT2D eigenvalue weighted by Crippen LogP contribution is 2.40. The zero-order valence-electron chi connectivity index (χ0n) is 21.5. The lowest BCUT2D eigenvalue weighted by molar-refractivity contribution is -0.140. The molecule has 2 amide bonds. The normalized spacial score (nSPS) is 19.6. The Morgan fingerprint density at radius 3 is 2.49 bits per heavy atom. The maximum absolute atomic E-state index is 13.5. The summed E-state index contributed by atoms with van der Waals surface area (Å²) in [5.41, 5.74) is 5.41. The van der Waals surface area contributed by atoms with Gasteiger partial charge in [0.1, 0.15) is 5.82 Å². The average molecular weight is 543 g/mol. The number of benzene rings is 1. The third kappa shape index (κ3) is 5.66. The van der Waals surface area contributed by atoms with E-state index in [0.717, 1.165) is 23.7 Å². The molecule has 4 N–H and O–H groups in total. The Labute approximate surface area is 222 Å². The fourth-order valence-corrected chi connectivity index (χ4v) is 4.94. The number of piperidine rings is 1. The van der Waals surface area contributed by atoms with Crippen molar-refractivity contribution in [2.24, 2.45) is 12.8 Å². The van der Waals surface area contributed by atoms with Gasteiger partial charge in [0.15, 0.2) is 17.2 Å². The number of nitrogens with zero attached hydrogens (tertiary/aromatic N) is 5. The van der Waals surface area contributed by atoms with Gasteiger partial charge in [-0.05, 0) is 56.2 Å². The van der Waals surface area contributed by atoms with E-state index in [-0.39, 0.29) is 35.2 Å². The predicted molar refractivity (Wildman–Crippen MR) is 138 cm³/mol. The van der Waals surface area contributed by atoms with Gasteiger partial charge in [0.05, 0.1) is 11.9 Å². The minimum atomic E-state index is -4.73. The van der Waals surface area contributed by atoms with Crippen LogP contribution in [0, 0.1) is 0 Å². The van der Waals surface area contributed by atoms with E-state index in [1.165, 1.54) is 31.6 Å². The summed E-state index contributed by atoms with van der Waals surface area (Å²) in [6.07, 6.45) is 1.61. The summed E-state index contributed by atoms with van der Waals surface area (Å²) in [5, 5.41) is 9.13. The highest BCUT2D eigenvalue weighted by atomic mass is 19.4. The molecule has 1 aliphatic carbocycles. The molecular formula is C26H29F3N8O2. The van der Waals surface area contributed by atoms with Crippen LogP contribution in [0.1, 0.15) is 70.6 Å². The van der Waals surface area contributed by atoms with Crippen molar-refractivity contribution in [1.82, 2.24) is 25.1 Å². The topological polar surface area (TPSA) is 131 Å². The Morgan fingerprint density at radius 2 is 1.85 bits per heavy atom. The lowest BCUT2D eigenvalue weighted by atomic mass is 9.97. The molecule has 0 unspecified atom stereocenters. The molecule has 5 rings (SSSR count). The fourth-order valence-electron chi connectivity index (χ4n) is 4.94. The van der Waals surface area contributed by atoms with E-state index in [1.807, 2.05) is 36.1 Å². The number of halogens is 3. The minimum absolute atomic E-state index is 0.176. The van der Waals surface area contributed by atoms with Gasteiger partial charge in [-0.1, -0.05) is 12.1 Å². The van der Waals surface area contributed by atoms with Gasteiger partial charge in [-0.15, -0.1) is 0 Å². The number of anilines is 3. The number of carbonyl (C=O) groups is 2. The Balaban J connectivity index is 1.36. The van der Waals surface area contributed by atoms with Crippen LogP contribution in [0.25, 0.3) is 0 Å². The number of nitrogens with one attached hydrogen (secondary N) is 2. The van der Waals surface area contributed by atoms with Crippen LogP contribution in [-0.4, -0.2) is 50.2 Å². The van der Waals surface area contributed by atoms with Crippen molar-refractivity contribution in [3.05, 3.63) is 59.2 Å². The van der Waals surface area contributed by atoms with Crippen molar-refractivity contribution in [2.45, 2.75) is 56.8 Å². The summed E-state index contributed by atoms with van der Waals surface area (Å²) in [6.45, 7) is 2.51. The summed E-state index contributed by atoms with van der Waals surface area (Å²) < 4.78 is 41.5. The number of hydrogen-bond acceptors (Lipinski definition) is 7. The van der Waals surface area contributed by atoms with Gasteiger partial charge in [-0.25, -0.2) is 9.97 Å². The monoisotopic (exact) mass is 542 g/mol. The number of nitrogens with two attached hydrogens (primary N) is 1. The number of alkyl halides is 3. The molecular weight excluding hydrogens is 513 g/mol. The molecule has 0 bridgehead atoms. The van der Waals surface area contributed by atoms with Gasteiger partial charge in [0.2, 0.25) is 0 Å². The molecule has 1 aliphatic heterocycles. The van der Waals surface area contributed by atoms with Gasteiger partial charge in [-0.3, -0.25) is 14.3 Å². The summed E-state index contributed by atoms with van der Waals surface area (Å²) in [5.74, 6) is -0.398. The third-order valence-electron chi connectivity index (χ3n) is 7.16. The van der Waals surface area contributed by atoms with Crippen LogP contribution in [-0.2, 0) is 13.2 Å². The van der Waals surface area contributed by atoms with Crippen LogP contribution in [0.3, 0.4) is 0 Å². The second-order valence-corrected chi connectivity index (χ2v) is 10.0. The number of rotatable bonds is 7. The quantitative estimate of drug-likeness (QED) is 0.415.